The average Bonchev–Trinajstić information content (AvgIpc) is 2.78. The summed E-state index contributed by atoms with van der Waals surface area (Å²) in [6.07, 6.45) is 2.60. The highest BCUT2D eigenvalue weighted by molar-refractivity contribution is 5.77. The summed E-state index contributed by atoms with van der Waals surface area (Å²) >= 11 is 0. The van der Waals surface area contributed by atoms with Gasteiger partial charge in [0, 0.05) is 13.1 Å². The maximum Gasteiger partial charge on any atom is 0.264 e. The van der Waals surface area contributed by atoms with E-state index in [0.717, 1.165) is 19.5 Å². The van der Waals surface area contributed by atoms with Gasteiger partial charge in [-0.05, 0) is 38.1 Å². The van der Waals surface area contributed by atoms with Crippen LogP contribution in [-0.2, 0) is 6.54 Å². The molecule has 1 aliphatic heterocycles. The molecule has 1 aliphatic rings. The SMILES string of the molecule is CN1CC[C@H](Cn2cnc3cccc(F)c3c2=O)C1. The molecule has 5 heteroatoms. The Labute approximate surface area is 110 Å². The molecule has 4 nitrogen and oxygen atoms in total. The molecule has 0 spiro atoms. The van der Waals surface area contributed by atoms with Gasteiger partial charge in [-0.15, -0.1) is 0 Å². The van der Waals surface area contributed by atoms with Crippen LogP contribution in [0.15, 0.2) is 29.3 Å². The van der Waals surface area contributed by atoms with E-state index in [1.165, 1.54) is 17.0 Å². The highest BCUT2D eigenvalue weighted by Gasteiger charge is 2.20. The number of nitrogens with zero attached hydrogens (tertiary/aromatic N) is 3. The molecule has 3 rings (SSSR count). The number of aromatic nitrogens is 2. The molecule has 100 valence electrons. The first-order valence-electron chi connectivity index (χ1n) is 6.47. The second-order valence-corrected chi connectivity index (χ2v) is 5.25. The van der Waals surface area contributed by atoms with Gasteiger partial charge in [-0.3, -0.25) is 9.36 Å². The highest BCUT2D eigenvalue weighted by Crippen LogP contribution is 2.16. The number of fused-ring (bicyclic) bond motifs is 1. The van der Waals surface area contributed by atoms with Gasteiger partial charge in [0.25, 0.3) is 5.56 Å². The molecule has 1 aromatic carbocycles. The molecule has 1 atom stereocenters. The quantitative estimate of drug-likeness (QED) is 0.822. The van der Waals surface area contributed by atoms with Crippen LogP contribution in [0, 0.1) is 11.7 Å². The van der Waals surface area contributed by atoms with Crippen LogP contribution in [0.3, 0.4) is 0 Å². The molecule has 2 heterocycles. The van der Waals surface area contributed by atoms with Gasteiger partial charge in [0.1, 0.15) is 11.2 Å². The predicted molar refractivity (Wildman–Crippen MR) is 71.6 cm³/mol. The summed E-state index contributed by atoms with van der Waals surface area (Å²) in [6, 6.07) is 4.53. The van der Waals surface area contributed by atoms with E-state index in [4.69, 9.17) is 0 Å². The van der Waals surface area contributed by atoms with Crippen molar-refractivity contribution in [2.24, 2.45) is 5.92 Å². The lowest BCUT2D eigenvalue weighted by atomic mass is 10.1. The molecule has 0 saturated carbocycles. The lowest BCUT2D eigenvalue weighted by Gasteiger charge is -2.12. The van der Waals surface area contributed by atoms with Gasteiger partial charge in [-0.2, -0.15) is 0 Å². The third kappa shape index (κ3) is 2.26. The summed E-state index contributed by atoms with van der Waals surface area (Å²) in [5.74, 6) is -0.0541. The van der Waals surface area contributed by atoms with Crippen LogP contribution in [0.5, 0.6) is 0 Å². The van der Waals surface area contributed by atoms with E-state index < -0.39 is 5.82 Å². The van der Waals surface area contributed by atoms with Crippen molar-refractivity contribution in [3.8, 4) is 0 Å². The van der Waals surface area contributed by atoms with Crippen molar-refractivity contribution >= 4 is 10.9 Å². The fraction of sp³-hybridized carbons (Fsp3) is 0.429. The van der Waals surface area contributed by atoms with Crippen molar-refractivity contribution in [1.29, 1.82) is 0 Å². The van der Waals surface area contributed by atoms with Crippen molar-refractivity contribution in [3.63, 3.8) is 0 Å². The molecule has 1 aromatic heterocycles. The highest BCUT2D eigenvalue weighted by atomic mass is 19.1. The lowest BCUT2D eigenvalue weighted by molar-refractivity contribution is 0.375. The number of rotatable bonds is 2. The minimum atomic E-state index is -0.493. The number of halogens is 1. The maximum atomic E-state index is 13.7. The van der Waals surface area contributed by atoms with E-state index in [1.54, 1.807) is 12.1 Å². The molecule has 2 aromatic rings. The van der Waals surface area contributed by atoms with Crippen molar-refractivity contribution in [2.75, 3.05) is 20.1 Å². The Bertz CT molecular complexity index is 667. The van der Waals surface area contributed by atoms with Crippen LogP contribution in [0.1, 0.15) is 6.42 Å². The van der Waals surface area contributed by atoms with E-state index in [2.05, 4.69) is 16.9 Å². The van der Waals surface area contributed by atoms with Crippen LogP contribution in [0.4, 0.5) is 4.39 Å². The number of hydrogen-bond donors (Lipinski definition) is 0. The third-order valence-corrected chi connectivity index (χ3v) is 3.75. The predicted octanol–water partition coefficient (Wildman–Crippen LogP) is 1.49. The smallest absolute Gasteiger partial charge is 0.264 e. The number of benzene rings is 1. The Morgan fingerprint density at radius 3 is 3.05 bits per heavy atom. The molecule has 0 amide bonds. The zero-order chi connectivity index (χ0) is 13.4. The van der Waals surface area contributed by atoms with Crippen LogP contribution >= 0.6 is 0 Å². The van der Waals surface area contributed by atoms with E-state index in [9.17, 15) is 9.18 Å². The minimum Gasteiger partial charge on any atom is -0.306 e. The maximum absolute atomic E-state index is 13.7. The zero-order valence-electron chi connectivity index (χ0n) is 10.8. The second-order valence-electron chi connectivity index (χ2n) is 5.25. The van der Waals surface area contributed by atoms with Gasteiger partial charge in [-0.25, -0.2) is 9.37 Å². The van der Waals surface area contributed by atoms with E-state index in [1.807, 2.05) is 0 Å². The van der Waals surface area contributed by atoms with Gasteiger partial charge >= 0.3 is 0 Å². The molecule has 1 fully saturated rings. The van der Waals surface area contributed by atoms with Crippen LogP contribution in [-0.4, -0.2) is 34.6 Å². The first-order valence-corrected chi connectivity index (χ1v) is 6.47. The molecule has 0 N–H and O–H groups in total. The Morgan fingerprint density at radius 2 is 2.32 bits per heavy atom. The van der Waals surface area contributed by atoms with Crippen molar-refractivity contribution in [3.05, 3.63) is 40.7 Å². The normalized spacial score (nSPS) is 20.2. The second kappa shape index (κ2) is 4.74. The third-order valence-electron chi connectivity index (χ3n) is 3.75. The molecule has 0 bridgehead atoms. The summed E-state index contributed by atoms with van der Waals surface area (Å²) in [5, 5.41) is 0.0938. The van der Waals surface area contributed by atoms with Crippen molar-refractivity contribution in [2.45, 2.75) is 13.0 Å². The van der Waals surface area contributed by atoms with Gasteiger partial charge in [0.2, 0.25) is 0 Å². The van der Waals surface area contributed by atoms with Crippen molar-refractivity contribution in [1.82, 2.24) is 14.5 Å². The van der Waals surface area contributed by atoms with Crippen molar-refractivity contribution < 1.29 is 4.39 Å². The van der Waals surface area contributed by atoms with Gasteiger partial charge in [0.05, 0.1) is 11.8 Å². The Kier molecular flexibility index (Phi) is 3.06. The topological polar surface area (TPSA) is 38.1 Å². The first kappa shape index (κ1) is 12.3. The summed E-state index contributed by atoms with van der Waals surface area (Å²) in [7, 11) is 2.07. The van der Waals surface area contributed by atoms with E-state index >= 15 is 0 Å². The molecule has 0 unspecified atom stereocenters. The van der Waals surface area contributed by atoms with Gasteiger partial charge in [0.15, 0.2) is 0 Å². The fourth-order valence-corrected chi connectivity index (χ4v) is 2.74. The van der Waals surface area contributed by atoms with Crippen LogP contribution in [0.2, 0.25) is 0 Å². The van der Waals surface area contributed by atoms with Gasteiger partial charge in [-0.1, -0.05) is 6.07 Å². The monoisotopic (exact) mass is 261 g/mol. The molecule has 0 aliphatic carbocycles. The first-order chi connectivity index (χ1) is 9.15. The lowest BCUT2D eigenvalue weighted by Crippen LogP contribution is -2.26. The minimum absolute atomic E-state index is 0.0938. The van der Waals surface area contributed by atoms with Crippen LogP contribution in [0.25, 0.3) is 10.9 Å². The Hall–Kier alpha value is -1.75. The average molecular weight is 261 g/mol. The largest absolute Gasteiger partial charge is 0.306 e. The van der Waals surface area contributed by atoms with E-state index in [0.29, 0.717) is 18.0 Å². The van der Waals surface area contributed by atoms with Crippen LogP contribution < -0.4 is 5.56 Å². The molecule has 0 radical (unpaired) electrons. The summed E-state index contributed by atoms with van der Waals surface area (Å²) < 4.78 is 15.3. The van der Waals surface area contributed by atoms with E-state index in [-0.39, 0.29) is 10.9 Å². The molecule has 19 heavy (non-hydrogen) atoms. The zero-order valence-corrected chi connectivity index (χ0v) is 10.8. The summed E-state index contributed by atoms with van der Waals surface area (Å²) in [6.45, 7) is 2.64. The summed E-state index contributed by atoms with van der Waals surface area (Å²) in [5.41, 5.74) is 0.141. The fourth-order valence-electron chi connectivity index (χ4n) is 2.74. The Morgan fingerprint density at radius 1 is 1.47 bits per heavy atom. The summed E-state index contributed by atoms with van der Waals surface area (Å²) in [4.78, 5) is 18.7. The molecular weight excluding hydrogens is 245 g/mol. The standard InChI is InChI=1S/C14H16FN3O/c1-17-6-5-10(7-17)8-18-9-16-12-4-2-3-11(15)13(12)14(18)19/h2-4,9-10H,5-8H2,1H3/t10-/m0/s1. The molecular formula is C14H16FN3O. The number of likely N-dealkylation sites (tertiary alicyclic amines) is 1. The molecule has 1 saturated heterocycles. The van der Waals surface area contributed by atoms with Gasteiger partial charge < -0.3 is 4.90 Å². The number of hydrogen-bond acceptors (Lipinski definition) is 3. The Balaban J connectivity index is 1.99.